The zero-order valence-electron chi connectivity index (χ0n) is 3.13. The minimum atomic E-state index is -2.28. The molecule has 0 heterocycles. The van der Waals surface area contributed by atoms with Crippen LogP contribution in [0.4, 0.5) is 0 Å². The van der Waals surface area contributed by atoms with Crippen molar-refractivity contribution in [3.05, 3.63) is 12.7 Å². The van der Waals surface area contributed by atoms with Gasteiger partial charge in [-0.3, -0.25) is 0 Å². The van der Waals surface area contributed by atoms with Gasteiger partial charge >= 0.3 is 0 Å². The zero-order valence-corrected chi connectivity index (χ0v) is 4.02. The molecule has 0 aliphatic carbocycles. The zero-order chi connectivity index (χ0) is 4.99. The fourth-order valence-corrected chi connectivity index (χ4v) is 0.258. The second-order valence-electron chi connectivity index (χ2n) is 0.751. The molecule has 3 heteroatoms. The second-order valence-corrected chi connectivity index (χ2v) is 1.78. The summed E-state index contributed by atoms with van der Waals surface area (Å²) in [4.78, 5) is 0. The molecule has 0 amide bonds. The lowest BCUT2D eigenvalue weighted by atomic mass is 10.8. The van der Waals surface area contributed by atoms with Crippen LogP contribution in [0.1, 0.15) is 0 Å². The summed E-state index contributed by atoms with van der Waals surface area (Å²) >= 11 is 0. The van der Waals surface area contributed by atoms with Crippen molar-refractivity contribution >= 4 is 10.7 Å². The SMILES string of the molecule is [CH]=CC[SH](=O)=O. The lowest BCUT2D eigenvalue weighted by Crippen LogP contribution is -1.76. The van der Waals surface area contributed by atoms with Gasteiger partial charge in [0, 0.05) is 0 Å². The van der Waals surface area contributed by atoms with E-state index in [0.29, 0.717) is 0 Å². The van der Waals surface area contributed by atoms with Crippen LogP contribution in [0.2, 0.25) is 0 Å². The van der Waals surface area contributed by atoms with Crippen molar-refractivity contribution in [2.24, 2.45) is 0 Å². The van der Waals surface area contributed by atoms with Crippen molar-refractivity contribution in [1.82, 2.24) is 0 Å². The van der Waals surface area contributed by atoms with Gasteiger partial charge in [-0.25, -0.2) is 8.42 Å². The van der Waals surface area contributed by atoms with Gasteiger partial charge in [0.05, 0.1) is 5.75 Å². The molecule has 0 rings (SSSR count). The Kier molecular flexibility index (Phi) is 2.75. The first-order chi connectivity index (χ1) is 2.77. The number of thiol groups is 1. The highest BCUT2D eigenvalue weighted by molar-refractivity contribution is 7.72. The van der Waals surface area contributed by atoms with Gasteiger partial charge in [0.1, 0.15) is 10.7 Å². The summed E-state index contributed by atoms with van der Waals surface area (Å²) in [6.45, 7) is 4.72. The van der Waals surface area contributed by atoms with Crippen LogP contribution in [0.15, 0.2) is 6.08 Å². The molecule has 0 saturated carbocycles. The van der Waals surface area contributed by atoms with Crippen molar-refractivity contribution in [2.45, 2.75) is 0 Å². The van der Waals surface area contributed by atoms with Gasteiger partial charge in [0.2, 0.25) is 0 Å². The van der Waals surface area contributed by atoms with E-state index in [1.807, 2.05) is 0 Å². The molecule has 6 heavy (non-hydrogen) atoms. The van der Waals surface area contributed by atoms with Crippen LogP contribution >= 0.6 is 0 Å². The van der Waals surface area contributed by atoms with Crippen LogP contribution in [0.25, 0.3) is 0 Å². The summed E-state index contributed by atoms with van der Waals surface area (Å²) in [5, 5.41) is 0. The van der Waals surface area contributed by atoms with Crippen LogP contribution < -0.4 is 0 Å². The average molecular weight is 105 g/mol. The molecule has 1 radical (unpaired) electrons. The molecule has 0 N–H and O–H groups in total. The van der Waals surface area contributed by atoms with Gasteiger partial charge < -0.3 is 0 Å². The van der Waals surface area contributed by atoms with Crippen LogP contribution in [-0.4, -0.2) is 14.2 Å². The van der Waals surface area contributed by atoms with Gasteiger partial charge in [0.25, 0.3) is 0 Å². The number of hydrogen-bond donors (Lipinski definition) is 1. The van der Waals surface area contributed by atoms with E-state index in [-0.39, 0.29) is 5.75 Å². The highest BCUT2D eigenvalue weighted by atomic mass is 32.2. The Morgan fingerprint density at radius 2 is 2.17 bits per heavy atom. The highest BCUT2D eigenvalue weighted by Gasteiger charge is 1.70. The molecule has 0 aromatic rings. The van der Waals surface area contributed by atoms with E-state index in [0.717, 1.165) is 6.08 Å². The third-order valence-corrected chi connectivity index (χ3v) is 0.763. The van der Waals surface area contributed by atoms with Crippen LogP contribution in [0.3, 0.4) is 0 Å². The van der Waals surface area contributed by atoms with Crippen molar-refractivity contribution in [3.63, 3.8) is 0 Å². The van der Waals surface area contributed by atoms with Crippen LogP contribution in [-0.2, 0) is 10.7 Å². The van der Waals surface area contributed by atoms with Gasteiger partial charge in [-0.1, -0.05) is 12.7 Å². The van der Waals surface area contributed by atoms with Crippen molar-refractivity contribution < 1.29 is 8.42 Å². The number of rotatable bonds is 2. The molecule has 0 atom stereocenters. The second kappa shape index (κ2) is 2.90. The number of hydrogen-bond acceptors (Lipinski definition) is 2. The van der Waals surface area contributed by atoms with E-state index in [4.69, 9.17) is 6.58 Å². The molecule has 0 saturated heterocycles. The Morgan fingerprint density at radius 3 is 2.17 bits per heavy atom. The topological polar surface area (TPSA) is 34.1 Å². The summed E-state index contributed by atoms with van der Waals surface area (Å²) in [6, 6.07) is 0. The van der Waals surface area contributed by atoms with E-state index in [1.165, 1.54) is 0 Å². The van der Waals surface area contributed by atoms with E-state index in [2.05, 4.69) is 0 Å². The van der Waals surface area contributed by atoms with Crippen LogP contribution in [0, 0.1) is 6.58 Å². The molecule has 0 aromatic carbocycles. The maximum absolute atomic E-state index is 9.53. The third kappa shape index (κ3) is 3.69. The fourth-order valence-electron chi connectivity index (χ4n) is 0.0861. The Balaban J connectivity index is 3.32. The molecular weight excluding hydrogens is 100 g/mol. The molecule has 0 unspecified atom stereocenters. The Hall–Kier alpha value is -0.310. The third-order valence-electron chi connectivity index (χ3n) is 0.254. The molecular formula is C3H5O2S. The minimum Gasteiger partial charge on any atom is -0.232 e. The smallest absolute Gasteiger partial charge is 0.143 e. The predicted octanol–water partition coefficient (Wildman–Crippen LogP) is -0.413. The van der Waals surface area contributed by atoms with Gasteiger partial charge in [0.15, 0.2) is 0 Å². The van der Waals surface area contributed by atoms with E-state index in [9.17, 15) is 8.42 Å². The van der Waals surface area contributed by atoms with Crippen molar-refractivity contribution in [1.29, 1.82) is 0 Å². The lowest BCUT2D eigenvalue weighted by Gasteiger charge is -1.65. The largest absolute Gasteiger partial charge is 0.232 e. The Morgan fingerprint density at radius 1 is 1.67 bits per heavy atom. The quantitative estimate of drug-likeness (QED) is 0.484. The maximum Gasteiger partial charge on any atom is 0.143 e. The first kappa shape index (κ1) is 5.69. The highest BCUT2D eigenvalue weighted by Crippen LogP contribution is 1.61. The van der Waals surface area contributed by atoms with E-state index >= 15 is 0 Å². The molecule has 0 aromatic heterocycles. The van der Waals surface area contributed by atoms with Gasteiger partial charge in [-0.2, -0.15) is 0 Å². The van der Waals surface area contributed by atoms with Crippen molar-refractivity contribution in [2.75, 3.05) is 5.75 Å². The predicted molar refractivity (Wildman–Crippen MR) is 24.1 cm³/mol. The van der Waals surface area contributed by atoms with E-state index < -0.39 is 10.7 Å². The molecule has 0 spiro atoms. The summed E-state index contributed by atoms with van der Waals surface area (Å²) in [6.07, 6.45) is 1.10. The van der Waals surface area contributed by atoms with Gasteiger partial charge in [-0.05, 0) is 0 Å². The summed E-state index contributed by atoms with van der Waals surface area (Å²) < 4.78 is 19.1. The molecule has 0 fully saturated rings. The standard InChI is InChI=1S/C3H5O2S/c1-2-3-6(4)5/h1-2,6H,3H2. The Bertz CT molecular complexity index is 95.4. The molecule has 0 aliphatic heterocycles. The maximum atomic E-state index is 9.53. The van der Waals surface area contributed by atoms with Crippen molar-refractivity contribution in [3.8, 4) is 0 Å². The summed E-state index contributed by atoms with van der Waals surface area (Å²) in [7, 11) is -2.28. The molecule has 0 bridgehead atoms. The molecule has 0 aliphatic rings. The van der Waals surface area contributed by atoms with Crippen LogP contribution in [0.5, 0.6) is 0 Å². The lowest BCUT2D eigenvalue weighted by molar-refractivity contribution is 0.617. The first-order valence-corrected chi connectivity index (χ1v) is 2.79. The first-order valence-electron chi connectivity index (χ1n) is 1.42. The normalized spacial score (nSPS) is 8.83. The average Bonchev–Trinajstić information content (AvgIpc) is 1.35. The molecule has 35 valence electrons. The summed E-state index contributed by atoms with van der Waals surface area (Å²) in [5.74, 6) is -0.0185. The summed E-state index contributed by atoms with van der Waals surface area (Å²) in [5.41, 5.74) is 0. The fraction of sp³-hybridized carbons (Fsp3) is 0.333. The minimum absolute atomic E-state index is 0.0185. The monoisotopic (exact) mass is 105 g/mol. The van der Waals surface area contributed by atoms with E-state index in [1.54, 1.807) is 0 Å². The van der Waals surface area contributed by atoms with Gasteiger partial charge in [-0.15, -0.1) is 0 Å². The molecule has 2 nitrogen and oxygen atoms in total. The Labute approximate surface area is 38.4 Å².